The average molecular weight is 534 g/mol. The third-order valence-electron chi connectivity index (χ3n) is 7.58. The molecule has 1 aromatic carbocycles. The van der Waals surface area contributed by atoms with Gasteiger partial charge in [0.25, 0.3) is 0 Å². The monoisotopic (exact) mass is 534 g/mol. The Morgan fingerprint density at radius 2 is 1.95 bits per heavy atom. The van der Waals surface area contributed by atoms with Crippen LogP contribution in [0.3, 0.4) is 0 Å². The van der Waals surface area contributed by atoms with Crippen molar-refractivity contribution in [2.24, 2.45) is 5.92 Å². The topological polar surface area (TPSA) is 126 Å². The normalized spacial score (nSPS) is 25.5. The second-order valence-electron chi connectivity index (χ2n) is 11.2. The number of carbonyl (C=O) groups excluding carboxylic acids is 2. The summed E-state index contributed by atoms with van der Waals surface area (Å²) in [5, 5.41) is 31.6. The van der Waals surface area contributed by atoms with Crippen LogP contribution in [-0.4, -0.2) is 94.6 Å². The van der Waals surface area contributed by atoms with E-state index in [9.17, 15) is 33.7 Å². The van der Waals surface area contributed by atoms with Crippen LogP contribution in [0.25, 0.3) is 0 Å². The van der Waals surface area contributed by atoms with Gasteiger partial charge in [-0.05, 0) is 45.6 Å². The molecule has 0 aliphatic carbocycles. The smallest absolute Gasteiger partial charge is 0.447 e. The molecule has 2 aliphatic rings. The Morgan fingerprint density at radius 1 is 1.26 bits per heavy atom. The van der Waals surface area contributed by atoms with Crippen molar-refractivity contribution in [3.63, 3.8) is 0 Å². The zero-order valence-corrected chi connectivity index (χ0v) is 22.1. The predicted molar refractivity (Wildman–Crippen MR) is 137 cm³/mol. The van der Waals surface area contributed by atoms with Crippen molar-refractivity contribution in [2.45, 2.75) is 75.8 Å². The highest BCUT2D eigenvalue weighted by Gasteiger charge is 2.49. The van der Waals surface area contributed by atoms with Crippen LogP contribution >= 0.6 is 0 Å². The van der Waals surface area contributed by atoms with Crippen molar-refractivity contribution in [1.82, 2.24) is 15.1 Å². The number of halogens is 2. The van der Waals surface area contributed by atoms with Gasteiger partial charge in [-0.25, -0.2) is 13.6 Å². The number of rotatable bonds is 10. The molecule has 0 spiro atoms. The van der Waals surface area contributed by atoms with Crippen molar-refractivity contribution in [3.8, 4) is 6.07 Å². The first-order valence-corrected chi connectivity index (χ1v) is 12.9. The molecule has 1 aromatic rings. The molecule has 12 heteroatoms. The lowest BCUT2D eigenvalue weighted by Crippen LogP contribution is -2.53. The fourth-order valence-corrected chi connectivity index (χ4v) is 5.35. The Bertz CT molecular complexity index is 1010. The molecule has 9 nitrogen and oxygen atoms in total. The molecule has 2 amide bonds. The van der Waals surface area contributed by atoms with Crippen LogP contribution in [0, 0.1) is 17.2 Å². The maximum absolute atomic E-state index is 14.6. The molecule has 0 bridgehead atoms. The molecule has 208 valence electrons. The molecule has 3 rings (SSSR count). The minimum Gasteiger partial charge on any atom is -0.447 e. The average Bonchev–Trinajstić information content (AvgIpc) is 3.44. The molecule has 2 heterocycles. The summed E-state index contributed by atoms with van der Waals surface area (Å²) in [6.07, 6.45) is -2.64. The van der Waals surface area contributed by atoms with E-state index in [1.54, 1.807) is 31.2 Å². The second-order valence-corrected chi connectivity index (χ2v) is 11.2. The van der Waals surface area contributed by atoms with Crippen LogP contribution in [0.4, 0.5) is 13.6 Å². The number of hydrogen-bond acceptors (Lipinski definition) is 7. The highest BCUT2D eigenvalue weighted by atomic mass is 19.1. The minimum absolute atomic E-state index is 0.0840. The molecule has 3 N–H and O–H groups in total. The molecular weight excluding hydrogens is 497 g/mol. The van der Waals surface area contributed by atoms with Crippen molar-refractivity contribution >= 4 is 19.1 Å². The minimum atomic E-state index is -1.85. The van der Waals surface area contributed by atoms with E-state index in [4.69, 9.17) is 4.74 Å². The molecule has 1 unspecified atom stereocenters. The molecule has 0 radical (unpaired) electrons. The Hall–Kier alpha value is -2.75. The van der Waals surface area contributed by atoms with E-state index >= 15 is 0 Å². The summed E-state index contributed by atoms with van der Waals surface area (Å²) >= 11 is 0. The Morgan fingerprint density at radius 3 is 2.53 bits per heavy atom. The number of hydrogen-bond donors (Lipinski definition) is 3. The number of nitriles is 1. The van der Waals surface area contributed by atoms with Crippen LogP contribution in [0.15, 0.2) is 30.3 Å². The van der Waals surface area contributed by atoms with Gasteiger partial charge < -0.3 is 25.0 Å². The van der Waals surface area contributed by atoms with Gasteiger partial charge in [-0.15, -0.1) is 0 Å². The molecule has 38 heavy (non-hydrogen) atoms. The van der Waals surface area contributed by atoms with Crippen molar-refractivity contribution in [1.29, 1.82) is 5.26 Å². The van der Waals surface area contributed by atoms with Crippen LogP contribution < -0.4 is 5.32 Å². The number of nitrogens with zero attached hydrogens (tertiary/aromatic N) is 3. The summed E-state index contributed by atoms with van der Waals surface area (Å²) in [6.45, 7) is 5.50. The van der Waals surface area contributed by atoms with E-state index in [-0.39, 0.29) is 39.0 Å². The lowest BCUT2D eigenvalue weighted by molar-refractivity contribution is -0.140. The third-order valence-corrected chi connectivity index (χ3v) is 7.58. The van der Waals surface area contributed by atoms with Crippen LogP contribution in [0.1, 0.15) is 45.6 Å². The van der Waals surface area contributed by atoms with Gasteiger partial charge in [-0.1, -0.05) is 30.3 Å². The SMILES string of the molecule is CC(C)(CC(C#N)C(=O)N1C[C@@H](F)C[C@]1(C)COC(=O)N[C@@H](Cc1ccccc1)B(O)O)N1CC[C@H](F)C1. The summed E-state index contributed by atoms with van der Waals surface area (Å²) in [5.74, 6) is -2.69. The summed E-state index contributed by atoms with van der Waals surface area (Å²) in [5.41, 5.74) is -1.04. The van der Waals surface area contributed by atoms with Gasteiger partial charge in [-0.2, -0.15) is 5.26 Å². The first-order chi connectivity index (χ1) is 17.8. The summed E-state index contributed by atoms with van der Waals surface area (Å²) in [4.78, 5) is 29.1. The molecule has 5 atom stereocenters. The molecular formula is C26H37BF2N4O5. The Kier molecular flexibility index (Phi) is 9.73. The number of carbonyl (C=O) groups is 2. The van der Waals surface area contributed by atoms with Crippen LogP contribution in [0.2, 0.25) is 0 Å². The standard InChI is InChI=1S/C26H37BF2N4O5/c1-25(2,32-10-9-20(28)15-32)12-19(14-30)23(34)33-16-21(29)13-26(33,3)17-38-24(35)31-22(27(36)37)11-18-7-5-4-6-8-18/h4-8,19-22,36-37H,9-13,15-17H2,1-3H3,(H,31,35)/t19?,20-,21-,22-,26+/m0/s1. The number of likely N-dealkylation sites (tertiary alicyclic amines) is 2. The number of amides is 2. The van der Waals surface area contributed by atoms with E-state index in [1.165, 1.54) is 4.90 Å². The Balaban J connectivity index is 1.63. The van der Waals surface area contributed by atoms with Gasteiger partial charge in [0.2, 0.25) is 5.91 Å². The number of alkyl carbamates (subject to hydrolysis) is 1. The predicted octanol–water partition coefficient (Wildman–Crippen LogP) is 2.02. The molecule has 2 saturated heterocycles. The number of benzene rings is 1. The summed E-state index contributed by atoms with van der Waals surface area (Å²) in [7, 11) is -1.85. The van der Waals surface area contributed by atoms with Crippen molar-refractivity contribution < 1.29 is 33.2 Å². The van der Waals surface area contributed by atoms with Gasteiger partial charge in [0.1, 0.15) is 24.9 Å². The summed E-state index contributed by atoms with van der Waals surface area (Å²) < 4.78 is 33.6. The van der Waals surface area contributed by atoms with E-state index in [0.29, 0.717) is 13.0 Å². The van der Waals surface area contributed by atoms with Crippen LogP contribution in [-0.2, 0) is 16.0 Å². The highest BCUT2D eigenvalue weighted by molar-refractivity contribution is 6.43. The fourth-order valence-electron chi connectivity index (χ4n) is 5.35. The lowest BCUT2D eigenvalue weighted by Gasteiger charge is -2.39. The zero-order valence-electron chi connectivity index (χ0n) is 22.1. The van der Waals surface area contributed by atoms with Gasteiger partial charge >= 0.3 is 13.2 Å². The van der Waals surface area contributed by atoms with E-state index in [2.05, 4.69) is 5.32 Å². The zero-order chi connectivity index (χ0) is 28.1. The third kappa shape index (κ3) is 7.43. The molecule has 2 fully saturated rings. The number of nitrogens with one attached hydrogen (secondary N) is 1. The second kappa shape index (κ2) is 12.4. The fraction of sp³-hybridized carbons (Fsp3) is 0.654. The molecule has 0 aromatic heterocycles. The Labute approximate surface area is 222 Å². The van der Waals surface area contributed by atoms with Crippen molar-refractivity contribution in [3.05, 3.63) is 35.9 Å². The van der Waals surface area contributed by atoms with Gasteiger partial charge in [0.05, 0.1) is 24.1 Å². The first-order valence-electron chi connectivity index (χ1n) is 12.9. The van der Waals surface area contributed by atoms with E-state index < -0.39 is 54.4 Å². The first kappa shape index (κ1) is 29.8. The van der Waals surface area contributed by atoms with Crippen LogP contribution in [0.5, 0.6) is 0 Å². The lowest BCUT2D eigenvalue weighted by atomic mass is 9.76. The van der Waals surface area contributed by atoms with Gasteiger partial charge in [0, 0.05) is 25.0 Å². The van der Waals surface area contributed by atoms with Gasteiger partial charge in [-0.3, -0.25) is 9.69 Å². The largest absolute Gasteiger partial charge is 0.475 e. The number of ether oxygens (including phenoxy) is 1. The quantitative estimate of drug-likeness (QED) is 0.392. The van der Waals surface area contributed by atoms with Crippen molar-refractivity contribution in [2.75, 3.05) is 26.2 Å². The van der Waals surface area contributed by atoms with E-state index in [0.717, 1.165) is 5.56 Å². The highest BCUT2D eigenvalue weighted by Crippen LogP contribution is 2.35. The van der Waals surface area contributed by atoms with E-state index in [1.807, 2.05) is 30.9 Å². The molecule has 0 saturated carbocycles. The maximum Gasteiger partial charge on any atom is 0.475 e. The number of alkyl halides is 2. The van der Waals surface area contributed by atoms with Gasteiger partial charge in [0.15, 0.2) is 0 Å². The maximum atomic E-state index is 14.6. The summed E-state index contributed by atoms with van der Waals surface area (Å²) in [6, 6.07) is 11.0. The molecule has 2 aliphatic heterocycles.